The number of sulfonamides is 1. The van der Waals surface area contributed by atoms with Gasteiger partial charge in [0.25, 0.3) is 10.0 Å². The fourth-order valence-electron chi connectivity index (χ4n) is 3.85. The Hall–Kier alpha value is -3.56. The quantitative estimate of drug-likeness (QED) is 0.417. The fraction of sp³-hybridized carbons (Fsp3) is 0.259. The third-order valence-electron chi connectivity index (χ3n) is 5.97. The zero-order valence-electron chi connectivity index (χ0n) is 21.1. The molecule has 37 heavy (non-hydrogen) atoms. The van der Waals surface area contributed by atoms with Gasteiger partial charge < -0.3 is 15.0 Å². The van der Waals surface area contributed by atoms with Gasteiger partial charge in [-0.15, -0.1) is 0 Å². The monoisotopic (exact) mass is 543 g/mol. The van der Waals surface area contributed by atoms with Crippen molar-refractivity contribution in [1.29, 1.82) is 0 Å². The average molecular weight is 544 g/mol. The van der Waals surface area contributed by atoms with Crippen molar-refractivity contribution < 1.29 is 22.7 Å². The van der Waals surface area contributed by atoms with E-state index in [2.05, 4.69) is 5.32 Å². The Morgan fingerprint density at radius 2 is 1.70 bits per heavy atom. The number of ether oxygens (including phenoxy) is 1. The van der Waals surface area contributed by atoms with Crippen molar-refractivity contribution in [2.75, 3.05) is 25.0 Å². The summed E-state index contributed by atoms with van der Waals surface area (Å²) < 4.78 is 33.9. The van der Waals surface area contributed by atoms with Crippen LogP contribution in [-0.4, -0.2) is 51.9 Å². The minimum absolute atomic E-state index is 0.00773. The van der Waals surface area contributed by atoms with E-state index in [1.807, 2.05) is 6.07 Å². The van der Waals surface area contributed by atoms with Crippen LogP contribution >= 0.6 is 11.6 Å². The molecule has 0 aliphatic carbocycles. The highest BCUT2D eigenvalue weighted by atomic mass is 35.5. The summed E-state index contributed by atoms with van der Waals surface area (Å²) in [5, 5.41) is 2.95. The molecule has 3 aromatic carbocycles. The number of anilines is 1. The number of nitrogens with one attached hydrogen (secondary N) is 1. The number of halogens is 1. The molecule has 2 amide bonds. The molecule has 0 aliphatic rings. The third-order valence-corrected chi connectivity index (χ3v) is 7.99. The first-order chi connectivity index (χ1) is 17.6. The molecule has 0 unspecified atom stereocenters. The first-order valence-corrected chi connectivity index (χ1v) is 13.4. The van der Waals surface area contributed by atoms with Crippen molar-refractivity contribution in [2.45, 2.75) is 31.3 Å². The number of amides is 2. The fourth-order valence-corrected chi connectivity index (χ4v) is 5.45. The molecule has 3 rings (SSSR count). The highest BCUT2D eigenvalue weighted by Crippen LogP contribution is 2.28. The van der Waals surface area contributed by atoms with E-state index in [9.17, 15) is 18.0 Å². The van der Waals surface area contributed by atoms with Gasteiger partial charge in [0.1, 0.15) is 18.3 Å². The van der Waals surface area contributed by atoms with Crippen LogP contribution in [0.2, 0.25) is 5.02 Å². The molecule has 1 atom stereocenters. The van der Waals surface area contributed by atoms with E-state index >= 15 is 0 Å². The van der Waals surface area contributed by atoms with Crippen molar-refractivity contribution >= 4 is 39.1 Å². The van der Waals surface area contributed by atoms with E-state index in [0.717, 1.165) is 9.87 Å². The van der Waals surface area contributed by atoms with Gasteiger partial charge in [-0.1, -0.05) is 41.9 Å². The SMILES string of the molecule is CNC(=O)[C@@H](C)N(Cc1cccc(OC)c1)C(=O)CN(c1ccccc1C)S(=O)(=O)c1ccc(Cl)cc1. The van der Waals surface area contributed by atoms with Crippen LogP contribution in [0, 0.1) is 6.92 Å². The number of rotatable bonds is 10. The van der Waals surface area contributed by atoms with E-state index in [-0.39, 0.29) is 17.3 Å². The van der Waals surface area contributed by atoms with Crippen molar-refractivity contribution in [3.63, 3.8) is 0 Å². The molecule has 0 aromatic heterocycles. The first kappa shape index (κ1) is 28.0. The predicted octanol–water partition coefficient (Wildman–Crippen LogP) is 4.02. The van der Waals surface area contributed by atoms with Crippen LogP contribution in [0.25, 0.3) is 0 Å². The third kappa shape index (κ3) is 6.61. The molecule has 3 aromatic rings. The summed E-state index contributed by atoms with van der Waals surface area (Å²) in [5.41, 5.74) is 1.76. The zero-order chi connectivity index (χ0) is 27.2. The summed E-state index contributed by atoms with van der Waals surface area (Å²) in [6.07, 6.45) is 0. The number of methoxy groups -OCH3 is 1. The molecule has 0 radical (unpaired) electrons. The van der Waals surface area contributed by atoms with Crippen LogP contribution in [0.3, 0.4) is 0 Å². The summed E-state index contributed by atoms with van der Waals surface area (Å²) in [6, 6.07) is 18.9. The maximum atomic E-state index is 13.8. The standard InChI is InChI=1S/C27H30ClN3O5S/c1-19-8-5-6-11-25(19)31(37(34,35)24-14-12-22(28)13-15-24)18-26(32)30(20(2)27(33)29-3)17-21-9-7-10-23(16-21)36-4/h5-16,20H,17-18H2,1-4H3,(H,29,33)/t20-/m1/s1. The molecule has 0 bridgehead atoms. The van der Waals surface area contributed by atoms with Gasteiger partial charge in [-0.05, 0) is 67.4 Å². The van der Waals surface area contributed by atoms with Gasteiger partial charge in [0.15, 0.2) is 0 Å². The number of para-hydroxylation sites is 1. The predicted molar refractivity (Wildman–Crippen MR) is 144 cm³/mol. The molecular weight excluding hydrogens is 514 g/mol. The van der Waals surface area contributed by atoms with Crippen LogP contribution in [0.1, 0.15) is 18.1 Å². The van der Waals surface area contributed by atoms with E-state index in [1.54, 1.807) is 56.3 Å². The Kier molecular flexibility index (Phi) is 9.18. The minimum atomic E-state index is -4.15. The lowest BCUT2D eigenvalue weighted by atomic mass is 10.1. The van der Waals surface area contributed by atoms with E-state index in [4.69, 9.17) is 16.3 Å². The number of nitrogens with zero attached hydrogens (tertiary/aromatic N) is 2. The summed E-state index contributed by atoms with van der Waals surface area (Å²) in [4.78, 5) is 27.7. The molecule has 0 aliphatic heterocycles. The van der Waals surface area contributed by atoms with E-state index < -0.39 is 28.5 Å². The van der Waals surface area contributed by atoms with Gasteiger partial charge in [0.2, 0.25) is 11.8 Å². The van der Waals surface area contributed by atoms with E-state index in [0.29, 0.717) is 22.0 Å². The minimum Gasteiger partial charge on any atom is -0.497 e. The smallest absolute Gasteiger partial charge is 0.264 e. The number of hydrogen-bond acceptors (Lipinski definition) is 5. The molecular formula is C27H30ClN3O5S. The second-order valence-electron chi connectivity index (χ2n) is 8.42. The molecule has 0 saturated carbocycles. The van der Waals surface area contributed by atoms with Crippen molar-refractivity contribution in [1.82, 2.24) is 10.2 Å². The Labute approximate surface area is 222 Å². The van der Waals surface area contributed by atoms with Gasteiger partial charge in [-0.3, -0.25) is 13.9 Å². The Bertz CT molecular complexity index is 1360. The first-order valence-electron chi connectivity index (χ1n) is 11.6. The molecule has 0 spiro atoms. The lowest BCUT2D eigenvalue weighted by Crippen LogP contribution is -2.50. The Morgan fingerprint density at radius 3 is 2.32 bits per heavy atom. The summed E-state index contributed by atoms with van der Waals surface area (Å²) in [6.45, 7) is 2.93. The van der Waals surface area contributed by atoms with Gasteiger partial charge >= 0.3 is 0 Å². The highest BCUT2D eigenvalue weighted by Gasteiger charge is 2.32. The van der Waals surface area contributed by atoms with Crippen LogP contribution in [-0.2, 0) is 26.2 Å². The molecule has 0 saturated heterocycles. The summed E-state index contributed by atoms with van der Waals surface area (Å²) in [7, 11) is -1.13. The van der Waals surface area contributed by atoms with Gasteiger partial charge in [0, 0.05) is 18.6 Å². The molecule has 0 fully saturated rings. The molecule has 10 heteroatoms. The number of benzene rings is 3. The van der Waals surface area contributed by atoms with Crippen LogP contribution < -0.4 is 14.4 Å². The van der Waals surface area contributed by atoms with Crippen molar-refractivity contribution in [2.24, 2.45) is 0 Å². The summed E-state index contributed by atoms with van der Waals surface area (Å²) in [5.74, 6) is -0.316. The maximum absolute atomic E-state index is 13.8. The number of aryl methyl sites for hydroxylation is 1. The highest BCUT2D eigenvalue weighted by molar-refractivity contribution is 7.92. The number of likely N-dealkylation sites (N-methyl/N-ethyl adjacent to an activating group) is 1. The lowest BCUT2D eigenvalue weighted by molar-refractivity contribution is -0.139. The van der Waals surface area contributed by atoms with Crippen LogP contribution in [0.5, 0.6) is 5.75 Å². The Morgan fingerprint density at radius 1 is 1.03 bits per heavy atom. The van der Waals surface area contributed by atoms with Crippen molar-refractivity contribution in [3.05, 3.63) is 88.9 Å². The largest absolute Gasteiger partial charge is 0.497 e. The normalized spacial score (nSPS) is 11.9. The molecule has 0 heterocycles. The number of carbonyl (C=O) groups is 2. The van der Waals surface area contributed by atoms with Gasteiger partial charge in [-0.2, -0.15) is 0 Å². The second kappa shape index (κ2) is 12.1. The van der Waals surface area contributed by atoms with Crippen LogP contribution in [0.4, 0.5) is 5.69 Å². The van der Waals surface area contributed by atoms with Gasteiger partial charge in [-0.25, -0.2) is 8.42 Å². The zero-order valence-corrected chi connectivity index (χ0v) is 22.7. The van der Waals surface area contributed by atoms with Crippen molar-refractivity contribution in [3.8, 4) is 5.75 Å². The second-order valence-corrected chi connectivity index (χ2v) is 10.7. The molecule has 8 nitrogen and oxygen atoms in total. The van der Waals surface area contributed by atoms with Gasteiger partial charge in [0.05, 0.1) is 17.7 Å². The Balaban J connectivity index is 2.04. The molecule has 196 valence electrons. The summed E-state index contributed by atoms with van der Waals surface area (Å²) >= 11 is 5.97. The topological polar surface area (TPSA) is 96.0 Å². The van der Waals surface area contributed by atoms with E-state index in [1.165, 1.54) is 43.3 Å². The average Bonchev–Trinajstić information content (AvgIpc) is 2.90. The number of carbonyl (C=O) groups excluding carboxylic acids is 2. The maximum Gasteiger partial charge on any atom is 0.264 e. The van der Waals surface area contributed by atoms with Crippen LogP contribution in [0.15, 0.2) is 77.7 Å². The number of hydrogen-bond donors (Lipinski definition) is 1. The molecule has 1 N–H and O–H groups in total. The lowest BCUT2D eigenvalue weighted by Gasteiger charge is -2.32.